The summed E-state index contributed by atoms with van der Waals surface area (Å²) in [6.07, 6.45) is 11.5. The molecule has 0 saturated carbocycles. The summed E-state index contributed by atoms with van der Waals surface area (Å²) in [4.78, 5) is 16.0. The van der Waals surface area contributed by atoms with Crippen LogP contribution in [0.25, 0.3) is 10.9 Å². The van der Waals surface area contributed by atoms with Gasteiger partial charge in [0.05, 0.1) is 6.61 Å². The number of nitrogens with zero attached hydrogens (tertiary/aromatic N) is 2. The highest BCUT2D eigenvalue weighted by molar-refractivity contribution is 6.16. The molecule has 0 spiro atoms. The van der Waals surface area contributed by atoms with Crippen LogP contribution in [0.1, 0.15) is 87.2 Å². The second-order valence-electron chi connectivity index (χ2n) is 9.67. The van der Waals surface area contributed by atoms with Crippen molar-refractivity contribution in [1.29, 1.82) is 0 Å². The minimum atomic E-state index is 0.0774. The van der Waals surface area contributed by atoms with Gasteiger partial charge in [-0.1, -0.05) is 52.2 Å². The number of carbonyl (C=O) groups excluding carboxylic acids is 1. The zero-order valence-electron chi connectivity index (χ0n) is 22.3. The summed E-state index contributed by atoms with van der Waals surface area (Å²) in [5.41, 5.74) is 3.89. The number of aryl methyl sites for hydroxylation is 2. The quantitative estimate of drug-likeness (QED) is 0.159. The number of ether oxygens (including phenoxy) is 1. The third-order valence-electron chi connectivity index (χ3n) is 6.80. The fourth-order valence-corrected chi connectivity index (χ4v) is 4.72. The van der Waals surface area contributed by atoms with Crippen molar-refractivity contribution < 1.29 is 9.53 Å². The number of benzene rings is 2. The molecule has 0 aliphatic rings. The number of carbonyl (C=O) groups is 1. The van der Waals surface area contributed by atoms with Gasteiger partial charge in [0.2, 0.25) is 0 Å². The fourth-order valence-electron chi connectivity index (χ4n) is 4.72. The lowest BCUT2D eigenvalue weighted by Gasteiger charge is -2.21. The number of unbranched alkanes of at least 4 members (excludes halogenated alkanes) is 3. The standard InChI is InChI=1S/C31H44N2O2/c1-5-8-13-26-24-32(4)29-15-11-14-28(30(26)29)31(34)25-16-18-27(19-17-25)35-23-12-22-33(20-9-6-2)21-10-7-3/h11,14-19,24H,5-10,12-13,20-23H2,1-4H3. The number of rotatable bonds is 16. The van der Waals surface area contributed by atoms with E-state index in [1.807, 2.05) is 36.4 Å². The molecule has 0 bridgehead atoms. The molecule has 0 fully saturated rings. The van der Waals surface area contributed by atoms with Crippen molar-refractivity contribution in [3.8, 4) is 5.75 Å². The molecule has 0 atom stereocenters. The molecule has 1 aromatic heterocycles. The number of hydrogen-bond donors (Lipinski definition) is 0. The van der Waals surface area contributed by atoms with E-state index in [1.165, 1.54) is 44.3 Å². The van der Waals surface area contributed by atoms with E-state index in [4.69, 9.17) is 4.74 Å². The van der Waals surface area contributed by atoms with Crippen LogP contribution in [0.15, 0.2) is 48.7 Å². The average molecular weight is 477 g/mol. The Morgan fingerprint density at radius 1 is 0.857 bits per heavy atom. The van der Waals surface area contributed by atoms with Gasteiger partial charge >= 0.3 is 0 Å². The molecule has 0 N–H and O–H groups in total. The summed E-state index contributed by atoms with van der Waals surface area (Å²) in [6, 6.07) is 13.7. The van der Waals surface area contributed by atoms with Crippen molar-refractivity contribution in [1.82, 2.24) is 9.47 Å². The van der Waals surface area contributed by atoms with Crippen LogP contribution in [-0.2, 0) is 13.5 Å². The molecule has 0 aliphatic heterocycles. The van der Waals surface area contributed by atoms with E-state index < -0.39 is 0 Å². The Kier molecular flexibility index (Phi) is 10.9. The minimum absolute atomic E-state index is 0.0774. The van der Waals surface area contributed by atoms with Crippen LogP contribution < -0.4 is 4.74 Å². The van der Waals surface area contributed by atoms with Gasteiger partial charge < -0.3 is 14.2 Å². The second-order valence-corrected chi connectivity index (χ2v) is 9.67. The van der Waals surface area contributed by atoms with E-state index in [9.17, 15) is 4.79 Å². The molecule has 3 aromatic rings. The molecule has 0 saturated heterocycles. The third kappa shape index (κ3) is 7.44. The summed E-state index contributed by atoms with van der Waals surface area (Å²) < 4.78 is 8.14. The van der Waals surface area contributed by atoms with Crippen LogP contribution in [0, 0.1) is 0 Å². The van der Waals surface area contributed by atoms with E-state index in [0.717, 1.165) is 54.4 Å². The van der Waals surface area contributed by atoms with Gasteiger partial charge in [-0.3, -0.25) is 4.79 Å². The van der Waals surface area contributed by atoms with Gasteiger partial charge in [0.1, 0.15) is 5.75 Å². The van der Waals surface area contributed by atoms with E-state index in [2.05, 4.69) is 49.5 Å². The highest BCUT2D eigenvalue weighted by Crippen LogP contribution is 2.28. The van der Waals surface area contributed by atoms with E-state index in [-0.39, 0.29) is 5.78 Å². The van der Waals surface area contributed by atoms with Gasteiger partial charge in [-0.2, -0.15) is 0 Å². The van der Waals surface area contributed by atoms with Gasteiger partial charge in [0.15, 0.2) is 5.78 Å². The Labute approximate surface area is 212 Å². The van der Waals surface area contributed by atoms with Crippen LogP contribution in [0.5, 0.6) is 5.75 Å². The molecule has 1 heterocycles. The summed E-state index contributed by atoms with van der Waals surface area (Å²) >= 11 is 0. The SMILES string of the molecule is CCCCc1cn(C)c2cccc(C(=O)c3ccc(OCCCN(CCCC)CCCC)cc3)c12. The molecule has 190 valence electrons. The molecule has 2 aromatic carbocycles. The molecule has 0 unspecified atom stereocenters. The minimum Gasteiger partial charge on any atom is -0.494 e. The molecule has 0 radical (unpaired) electrons. The molecular formula is C31H44N2O2. The first-order valence-corrected chi connectivity index (χ1v) is 13.7. The van der Waals surface area contributed by atoms with Gasteiger partial charge in [-0.05, 0) is 81.1 Å². The first-order chi connectivity index (χ1) is 17.1. The van der Waals surface area contributed by atoms with Crippen LogP contribution in [0.2, 0.25) is 0 Å². The third-order valence-corrected chi connectivity index (χ3v) is 6.80. The smallest absolute Gasteiger partial charge is 0.193 e. The Hall–Kier alpha value is -2.59. The Balaban J connectivity index is 1.62. The number of ketones is 1. The van der Waals surface area contributed by atoms with Crippen LogP contribution in [0.4, 0.5) is 0 Å². The molecule has 4 nitrogen and oxygen atoms in total. The number of aromatic nitrogens is 1. The lowest BCUT2D eigenvalue weighted by atomic mass is 9.96. The normalized spacial score (nSPS) is 11.5. The monoisotopic (exact) mass is 476 g/mol. The second kappa shape index (κ2) is 14.1. The van der Waals surface area contributed by atoms with E-state index >= 15 is 0 Å². The topological polar surface area (TPSA) is 34.5 Å². The number of fused-ring (bicyclic) bond motifs is 1. The summed E-state index contributed by atoms with van der Waals surface area (Å²) in [7, 11) is 2.06. The van der Waals surface area contributed by atoms with E-state index in [1.54, 1.807) is 0 Å². The largest absolute Gasteiger partial charge is 0.494 e. The fraction of sp³-hybridized carbons (Fsp3) is 0.516. The summed E-state index contributed by atoms with van der Waals surface area (Å²) in [5.74, 6) is 0.908. The Morgan fingerprint density at radius 3 is 2.17 bits per heavy atom. The maximum atomic E-state index is 13.5. The first kappa shape index (κ1) is 27.0. The molecule has 4 heteroatoms. The van der Waals surface area contributed by atoms with Gasteiger partial charge in [0.25, 0.3) is 0 Å². The van der Waals surface area contributed by atoms with Crippen molar-refractivity contribution in [2.45, 2.75) is 72.1 Å². The maximum absolute atomic E-state index is 13.5. The predicted octanol–water partition coefficient (Wildman–Crippen LogP) is 7.42. The van der Waals surface area contributed by atoms with Crippen molar-refractivity contribution in [2.75, 3.05) is 26.2 Å². The lowest BCUT2D eigenvalue weighted by molar-refractivity contribution is 0.104. The highest BCUT2D eigenvalue weighted by atomic mass is 16.5. The van der Waals surface area contributed by atoms with Crippen molar-refractivity contribution in [2.24, 2.45) is 7.05 Å². The Morgan fingerprint density at radius 2 is 1.51 bits per heavy atom. The molecule has 0 amide bonds. The van der Waals surface area contributed by atoms with Crippen LogP contribution in [-0.4, -0.2) is 41.5 Å². The molecule has 0 aliphatic carbocycles. The van der Waals surface area contributed by atoms with Crippen molar-refractivity contribution >= 4 is 16.7 Å². The Bertz CT molecular complexity index is 1040. The molecule has 35 heavy (non-hydrogen) atoms. The van der Waals surface area contributed by atoms with Crippen LogP contribution in [0.3, 0.4) is 0 Å². The van der Waals surface area contributed by atoms with Gasteiger partial charge in [-0.15, -0.1) is 0 Å². The van der Waals surface area contributed by atoms with Crippen molar-refractivity contribution in [3.63, 3.8) is 0 Å². The molecular weight excluding hydrogens is 432 g/mol. The predicted molar refractivity (Wildman–Crippen MR) is 148 cm³/mol. The van der Waals surface area contributed by atoms with Gasteiger partial charge in [0, 0.05) is 41.8 Å². The summed E-state index contributed by atoms with van der Waals surface area (Å²) in [5, 5.41) is 1.10. The van der Waals surface area contributed by atoms with Crippen LogP contribution >= 0.6 is 0 Å². The van der Waals surface area contributed by atoms with E-state index in [0.29, 0.717) is 12.2 Å². The highest BCUT2D eigenvalue weighted by Gasteiger charge is 2.17. The first-order valence-electron chi connectivity index (χ1n) is 13.7. The lowest BCUT2D eigenvalue weighted by Crippen LogP contribution is -2.28. The number of hydrogen-bond acceptors (Lipinski definition) is 3. The van der Waals surface area contributed by atoms with Crippen molar-refractivity contribution in [3.05, 3.63) is 65.4 Å². The zero-order valence-corrected chi connectivity index (χ0v) is 22.3. The zero-order chi connectivity index (χ0) is 25.0. The maximum Gasteiger partial charge on any atom is 0.193 e. The van der Waals surface area contributed by atoms with Gasteiger partial charge in [-0.25, -0.2) is 0 Å². The molecule has 3 rings (SSSR count). The summed E-state index contributed by atoms with van der Waals surface area (Å²) in [6.45, 7) is 10.9. The average Bonchev–Trinajstić information content (AvgIpc) is 3.21.